The summed E-state index contributed by atoms with van der Waals surface area (Å²) in [6.07, 6.45) is 14.0. The number of aromatic nitrogens is 1. The smallest absolute Gasteiger partial charge is 0.165 e. The van der Waals surface area contributed by atoms with E-state index in [-0.39, 0.29) is 36.1 Å². The van der Waals surface area contributed by atoms with E-state index < -0.39 is 12.1 Å². The fraction of sp³-hybridized carbons (Fsp3) is 0.298. The molecule has 0 amide bonds. The lowest BCUT2D eigenvalue weighted by Gasteiger charge is -2.22. The summed E-state index contributed by atoms with van der Waals surface area (Å²) in [4.78, 5) is 29.7. The van der Waals surface area contributed by atoms with Crippen LogP contribution in [0.5, 0.6) is 17.2 Å². The van der Waals surface area contributed by atoms with Crippen molar-refractivity contribution >= 4 is 11.6 Å². The molecule has 1 aromatic heterocycles. The zero-order chi connectivity index (χ0) is 45.5. The minimum atomic E-state index is -0.689. The molecule has 1 aliphatic rings. The number of aryl methyl sites for hydroxylation is 4. The first kappa shape index (κ1) is 46.3. The molecule has 0 spiro atoms. The summed E-state index contributed by atoms with van der Waals surface area (Å²) in [6.45, 7) is 2.57. The van der Waals surface area contributed by atoms with Crippen LogP contribution in [-0.2, 0) is 43.3 Å². The summed E-state index contributed by atoms with van der Waals surface area (Å²) < 4.78 is 6.08. The number of allylic oxidation sites excluding steroid dienone is 2. The van der Waals surface area contributed by atoms with E-state index >= 15 is 0 Å². The number of ether oxygens (including phenoxy) is 1. The fourth-order valence-electron chi connectivity index (χ4n) is 8.64. The number of fused-ring (bicyclic) bond motifs is 2. The Labute approximate surface area is 383 Å². The minimum absolute atomic E-state index is 0.0198. The normalized spacial score (nSPS) is 14.1. The summed E-state index contributed by atoms with van der Waals surface area (Å²) in [6, 6.07) is 37.7. The van der Waals surface area contributed by atoms with Crippen molar-refractivity contribution in [3.63, 3.8) is 0 Å². The molecule has 334 valence electrons. The first-order valence-electron chi connectivity index (χ1n) is 23.0. The molecule has 2 unspecified atom stereocenters. The highest BCUT2D eigenvalue weighted by molar-refractivity contribution is 5.98. The summed E-state index contributed by atoms with van der Waals surface area (Å²) >= 11 is 0. The number of H-pyrrole nitrogens is 1. The van der Waals surface area contributed by atoms with E-state index in [9.17, 15) is 19.8 Å². The van der Waals surface area contributed by atoms with Gasteiger partial charge in [-0.1, -0.05) is 116 Å². The van der Waals surface area contributed by atoms with Crippen molar-refractivity contribution < 1.29 is 24.5 Å². The SMILES string of the molecule is CC(CCCC=CC(=O)CCc1ccc(O)c(OCCc2ccc(O)c(C3CC(=O)c4cc[nH]c4CC#Cc4cc(C(N)N)ccc43)c2)c1)CCc1cccc(CCc2ccccc2)c1. The Bertz CT molecular complexity index is 2650. The van der Waals surface area contributed by atoms with Crippen LogP contribution in [-0.4, -0.2) is 33.4 Å². The van der Waals surface area contributed by atoms with Crippen molar-refractivity contribution in [2.24, 2.45) is 17.4 Å². The highest BCUT2D eigenvalue weighted by Crippen LogP contribution is 2.38. The number of carbonyl (C=O) groups excluding carboxylic acids is 2. The topological polar surface area (TPSA) is 152 Å². The van der Waals surface area contributed by atoms with E-state index in [2.05, 4.69) is 78.3 Å². The Morgan fingerprint density at radius 3 is 2.34 bits per heavy atom. The molecule has 5 aromatic carbocycles. The molecule has 8 heteroatoms. The number of aromatic hydroxyl groups is 2. The van der Waals surface area contributed by atoms with Gasteiger partial charge < -0.3 is 31.4 Å². The van der Waals surface area contributed by atoms with Crippen molar-refractivity contribution in [1.29, 1.82) is 0 Å². The van der Waals surface area contributed by atoms with Gasteiger partial charge in [0.1, 0.15) is 5.75 Å². The maximum atomic E-state index is 13.8. The van der Waals surface area contributed by atoms with E-state index in [1.807, 2.05) is 42.5 Å². The van der Waals surface area contributed by atoms with Crippen LogP contribution < -0.4 is 16.2 Å². The van der Waals surface area contributed by atoms with Crippen LogP contribution >= 0.6 is 0 Å². The van der Waals surface area contributed by atoms with Gasteiger partial charge in [-0.3, -0.25) is 9.59 Å². The first-order chi connectivity index (χ1) is 31.6. The number of benzene rings is 5. The molecular weight excluding hydrogens is 807 g/mol. The third-order valence-electron chi connectivity index (χ3n) is 12.5. The van der Waals surface area contributed by atoms with E-state index in [1.165, 1.54) is 16.7 Å². The van der Waals surface area contributed by atoms with Crippen LogP contribution in [0.15, 0.2) is 134 Å². The van der Waals surface area contributed by atoms with Crippen LogP contribution in [0.2, 0.25) is 0 Å². The second-order valence-corrected chi connectivity index (χ2v) is 17.4. The number of hydrogen-bond donors (Lipinski definition) is 5. The summed E-state index contributed by atoms with van der Waals surface area (Å²) in [5.41, 5.74) is 22.2. The Hall–Kier alpha value is -6.66. The third kappa shape index (κ3) is 13.2. The molecule has 6 aromatic rings. The van der Waals surface area contributed by atoms with Crippen molar-refractivity contribution in [2.45, 2.75) is 96.1 Å². The van der Waals surface area contributed by atoms with Crippen LogP contribution in [0.3, 0.4) is 0 Å². The number of nitrogens with one attached hydrogen (secondary N) is 1. The Morgan fingerprint density at radius 2 is 1.52 bits per heavy atom. The molecule has 0 aliphatic heterocycles. The predicted molar refractivity (Wildman–Crippen MR) is 259 cm³/mol. The average molecular weight is 868 g/mol. The van der Waals surface area contributed by atoms with Crippen molar-refractivity contribution in [1.82, 2.24) is 4.98 Å². The number of phenolic OH excluding ortho intramolecular Hbond substituents is 2. The van der Waals surface area contributed by atoms with Crippen LogP contribution in [0.1, 0.15) is 124 Å². The highest BCUT2D eigenvalue weighted by Gasteiger charge is 2.27. The maximum absolute atomic E-state index is 13.8. The molecule has 0 saturated heterocycles. The second kappa shape index (κ2) is 22.8. The van der Waals surface area contributed by atoms with Crippen molar-refractivity contribution in [3.8, 4) is 29.1 Å². The van der Waals surface area contributed by atoms with E-state index in [0.29, 0.717) is 54.0 Å². The van der Waals surface area contributed by atoms with Gasteiger partial charge in [0.05, 0.1) is 19.2 Å². The molecule has 2 atom stereocenters. The Kier molecular flexibility index (Phi) is 16.3. The molecule has 0 saturated carbocycles. The lowest BCUT2D eigenvalue weighted by Crippen LogP contribution is -2.20. The maximum Gasteiger partial charge on any atom is 0.165 e. The number of ketones is 2. The van der Waals surface area contributed by atoms with Gasteiger partial charge in [0.25, 0.3) is 0 Å². The number of hydrogen-bond acceptors (Lipinski definition) is 7. The van der Waals surface area contributed by atoms with Gasteiger partial charge >= 0.3 is 0 Å². The molecule has 7 N–H and O–H groups in total. The monoisotopic (exact) mass is 867 g/mol. The number of Topliss-reactive ketones (excluding diaryl/α,β-unsaturated/α-hetero) is 1. The molecule has 1 heterocycles. The molecule has 65 heavy (non-hydrogen) atoms. The highest BCUT2D eigenvalue weighted by atomic mass is 16.5. The molecule has 8 nitrogen and oxygen atoms in total. The molecule has 0 bridgehead atoms. The number of aromatic amines is 1. The van der Waals surface area contributed by atoms with Gasteiger partial charge in [-0.05, 0) is 126 Å². The summed E-state index contributed by atoms with van der Waals surface area (Å²) in [5, 5.41) is 21.9. The minimum Gasteiger partial charge on any atom is -0.508 e. The average Bonchev–Trinajstić information content (AvgIpc) is 3.79. The molecular formula is C57H61N3O5. The van der Waals surface area contributed by atoms with Crippen molar-refractivity contribution in [3.05, 3.63) is 195 Å². The number of nitrogens with two attached hydrogens (primary N) is 2. The fourth-order valence-corrected chi connectivity index (χ4v) is 8.64. The number of unbranched alkanes of at least 4 members (excludes halogenated alkanes) is 1. The number of carbonyl (C=O) groups is 2. The number of rotatable bonds is 20. The van der Waals surface area contributed by atoms with Gasteiger partial charge in [0, 0.05) is 53.8 Å². The molecule has 0 fully saturated rings. The number of phenols is 2. The Balaban J connectivity index is 0.875. The van der Waals surface area contributed by atoms with Crippen molar-refractivity contribution in [2.75, 3.05) is 6.61 Å². The lowest BCUT2D eigenvalue weighted by molar-refractivity contribution is -0.114. The zero-order valence-electron chi connectivity index (χ0n) is 37.4. The van der Waals surface area contributed by atoms with Gasteiger partial charge in [-0.25, -0.2) is 0 Å². The largest absolute Gasteiger partial charge is 0.508 e. The predicted octanol–water partition coefficient (Wildman–Crippen LogP) is 10.6. The Morgan fingerprint density at radius 1 is 0.785 bits per heavy atom. The summed E-state index contributed by atoms with van der Waals surface area (Å²) in [5.74, 6) is 7.04. The van der Waals surface area contributed by atoms with Gasteiger partial charge in [0.15, 0.2) is 23.1 Å². The standard InChI is InChI=1S/C57H61N3O5/c1-39(18-19-41-13-8-14-42(34-41)21-20-40-11-5-3-6-12-40)10-4-2-7-16-47(61)26-22-43-24-29-54(63)56(36-43)65-33-31-44-23-28-53(62)51(35-44)50-38-55(64)49-30-32-60-52(49)17-9-15-45-37-46(57(58)59)25-27-48(45)50/h3,5-8,11-14,16,23-25,27-30,32,34-37,39,50,57,60,62-63H,2,4,10,17-22,26,31,33,38,58-59H2,1H3. The molecule has 7 rings (SSSR count). The quantitative estimate of drug-likeness (QED) is 0.0222. The lowest BCUT2D eigenvalue weighted by atomic mass is 9.81. The van der Waals surface area contributed by atoms with Gasteiger partial charge in [-0.15, -0.1) is 0 Å². The third-order valence-corrected chi connectivity index (χ3v) is 12.5. The van der Waals surface area contributed by atoms with Crippen LogP contribution in [0.25, 0.3) is 0 Å². The van der Waals surface area contributed by atoms with E-state index in [1.54, 1.807) is 36.5 Å². The first-order valence-corrected chi connectivity index (χ1v) is 23.0. The van der Waals surface area contributed by atoms with Crippen LogP contribution in [0, 0.1) is 17.8 Å². The van der Waals surface area contributed by atoms with Gasteiger partial charge in [-0.2, -0.15) is 0 Å². The van der Waals surface area contributed by atoms with Gasteiger partial charge in [0.2, 0.25) is 0 Å². The molecule has 1 aliphatic carbocycles. The molecule has 0 radical (unpaired) electrons. The second-order valence-electron chi connectivity index (χ2n) is 17.4. The zero-order valence-corrected chi connectivity index (χ0v) is 37.4. The summed E-state index contributed by atoms with van der Waals surface area (Å²) in [7, 11) is 0. The van der Waals surface area contributed by atoms with Crippen LogP contribution in [0.4, 0.5) is 0 Å². The van der Waals surface area contributed by atoms with E-state index in [4.69, 9.17) is 16.2 Å². The van der Waals surface area contributed by atoms with E-state index in [0.717, 1.165) is 72.9 Å².